The van der Waals surface area contributed by atoms with E-state index in [1.165, 1.54) is 5.56 Å². The molecule has 1 amide bonds. The Morgan fingerprint density at radius 3 is 2.62 bits per heavy atom. The summed E-state index contributed by atoms with van der Waals surface area (Å²) < 4.78 is 5.93. The van der Waals surface area contributed by atoms with Crippen LogP contribution in [0.4, 0.5) is 5.82 Å². The van der Waals surface area contributed by atoms with Gasteiger partial charge in [0, 0.05) is 32.4 Å². The highest BCUT2D eigenvalue weighted by atomic mass is 16.5. The second-order valence-corrected chi connectivity index (χ2v) is 7.04. The normalized spacial score (nSPS) is 12.0. The second-order valence-electron chi connectivity index (χ2n) is 7.04. The fourth-order valence-electron chi connectivity index (χ4n) is 2.64. The van der Waals surface area contributed by atoms with Crippen LogP contribution >= 0.6 is 0 Å². The van der Waals surface area contributed by atoms with Crippen LogP contribution in [0.15, 0.2) is 36.5 Å². The Balaban J connectivity index is 2.02. The summed E-state index contributed by atoms with van der Waals surface area (Å²) in [6.45, 7) is 8.45. The summed E-state index contributed by atoms with van der Waals surface area (Å²) in [5.74, 6) is 1.88. The van der Waals surface area contributed by atoms with Crippen molar-refractivity contribution >= 4 is 11.7 Å². The van der Waals surface area contributed by atoms with E-state index in [0.717, 1.165) is 22.7 Å². The third-order valence-corrected chi connectivity index (χ3v) is 4.30. The fraction of sp³-hybridized carbons (Fsp3) is 0.429. The van der Waals surface area contributed by atoms with E-state index in [1.54, 1.807) is 13.1 Å². The van der Waals surface area contributed by atoms with E-state index in [1.807, 2.05) is 50.2 Å². The molecule has 140 valence electrons. The molecule has 0 fully saturated rings. The number of anilines is 1. The van der Waals surface area contributed by atoms with Gasteiger partial charge in [0.25, 0.3) is 5.91 Å². The quantitative estimate of drug-likeness (QED) is 0.823. The molecule has 5 heteroatoms. The molecule has 0 saturated heterocycles. The fourth-order valence-corrected chi connectivity index (χ4v) is 2.64. The number of benzene rings is 1. The highest BCUT2D eigenvalue weighted by Gasteiger charge is 2.17. The van der Waals surface area contributed by atoms with Crippen molar-refractivity contribution in [3.63, 3.8) is 0 Å². The second kappa shape index (κ2) is 8.70. The van der Waals surface area contributed by atoms with Crippen LogP contribution < -0.4 is 15.0 Å². The molecule has 0 radical (unpaired) electrons. The molecule has 0 saturated carbocycles. The van der Waals surface area contributed by atoms with E-state index in [9.17, 15) is 4.79 Å². The van der Waals surface area contributed by atoms with Crippen molar-refractivity contribution in [2.24, 2.45) is 0 Å². The number of pyridine rings is 1. The number of hydrogen-bond acceptors (Lipinski definition) is 4. The molecule has 0 aliphatic heterocycles. The smallest absolute Gasteiger partial charge is 0.261 e. The monoisotopic (exact) mass is 355 g/mol. The van der Waals surface area contributed by atoms with E-state index in [0.29, 0.717) is 12.5 Å². The van der Waals surface area contributed by atoms with Crippen LogP contribution in [0.2, 0.25) is 0 Å². The Morgan fingerprint density at radius 2 is 1.96 bits per heavy atom. The van der Waals surface area contributed by atoms with Gasteiger partial charge in [-0.15, -0.1) is 0 Å². The number of ether oxygens (including phenoxy) is 1. The van der Waals surface area contributed by atoms with Crippen molar-refractivity contribution in [2.45, 2.75) is 46.3 Å². The first-order chi connectivity index (χ1) is 12.3. The molecule has 1 aromatic carbocycles. The molecule has 0 spiro atoms. The number of carbonyl (C=O) groups excluding carboxylic acids is 1. The largest absolute Gasteiger partial charge is 0.481 e. The SMILES string of the molecule is Cc1ccc(C(C)C)cc1OC(C)C(=O)NCc1cccnc1N(C)C. The summed E-state index contributed by atoms with van der Waals surface area (Å²) in [5.41, 5.74) is 3.19. The van der Waals surface area contributed by atoms with Gasteiger partial charge in [0.1, 0.15) is 11.6 Å². The van der Waals surface area contributed by atoms with Crippen LogP contribution in [0.25, 0.3) is 0 Å². The molecule has 1 unspecified atom stereocenters. The number of aryl methyl sites for hydroxylation is 1. The first-order valence-electron chi connectivity index (χ1n) is 8.95. The highest BCUT2D eigenvalue weighted by molar-refractivity contribution is 5.80. The van der Waals surface area contributed by atoms with Crippen LogP contribution in [0.3, 0.4) is 0 Å². The van der Waals surface area contributed by atoms with Crippen molar-refractivity contribution in [1.29, 1.82) is 0 Å². The molecule has 1 aromatic heterocycles. The lowest BCUT2D eigenvalue weighted by molar-refractivity contribution is -0.127. The Labute approximate surface area is 156 Å². The van der Waals surface area contributed by atoms with Crippen molar-refractivity contribution in [1.82, 2.24) is 10.3 Å². The van der Waals surface area contributed by atoms with Gasteiger partial charge in [0.2, 0.25) is 0 Å². The van der Waals surface area contributed by atoms with Gasteiger partial charge in [-0.1, -0.05) is 32.0 Å². The van der Waals surface area contributed by atoms with Crippen molar-refractivity contribution in [3.05, 3.63) is 53.2 Å². The summed E-state index contributed by atoms with van der Waals surface area (Å²) in [7, 11) is 3.87. The van der Waals surface area contributed by atoms with Gasteiger partial charge in [-0.05, 0) is 43.0 Å². The van der Waals surface area contributed by atoms with E-state index < -0.39 is 6.10 Å². The number of nitrogens with zero attached hydrogens (tertiary/aromatic N) is 2. The Bertz CT molecular complexity index is 757. The molecule has 2 aromatic rings. The van der Waals surface area contributed by atoms with Crippen LogP contribution in [0.5, 0.6) is 5.75 Å². The molecular formula is C21H29N3O2. The molecule has 1 N–H and O–H groups in total. The summed E-state index contributed by atoms with van der Waals surface area (Å²) in [6, 6.07) is 9.99. The molecule has 0 aliphatic rings. The van der Waals surface area contributed by atoms with Crippen molar-refractivity contribution in [3.8, 4) is 5.75 Å². The maximum absolute atomic E-state index is 12.5. The van der Waals surface area contributed by atoms with E-state index in [4.69, 9.17) is 4.74 Å². The van der Waals surface area contributed by atoms with Gasteiger partial charge in [0.15, 0.2) is 6.10 Å². The summed E-state index contributed by atoms with van der Waals surface area (Å²) in [6.07, 6.45) is 1.17. The molecule has 2 rings (SSSR count). The zero-order chi connectivity index (χ0) is 19.3. The first kappa shape index (κ1) is 19.8. The number of nitrogens with one attached hydrogen (secondary N) is 1. The molecule has 1 atom stereocenters. The lowest BCUT2D eigenvalue weighted by Gasteiger charge is -2.19. The van der Waals surface area contributed by atoms with Gasteiger partial charge in [-0.2, -0.15) is 0 Å². The van der Waals surface area contributed by atoms with E-state index in [-0.39, 0.29) is 5.91 Å². The molecule has 5 nitrogen and oxygen atoms in total. The topological polar surface area (TPSA) is 54.5 Å². The maximum Gasteiger partial charge on any atom is 0.261 e. The zero-order valence-electron chi connectivity index (χ0n) is 16.5. The number of amides is 1. The molecule has 0 bridgehead atoms. The highest BCUT2D eigenvalue weighted by Crippen LogP contribution is 2.25. The maximum atomic E-state index is 12.5. The lowest BCUT2D eigenvalue weighted by atomic mass is 10.0. The van der Waals surface area contributed by atoms with Gasteiger partial charge in [-0.25, -0.2) is 4.98 Å². The third kappa shape index (κ3) is 4.97. The number of hydrogen-bond donors (Lipinski definition) is 1. The molecule has 26 heavy (non-hydrogen) atoms. The predicted octanol–water partition coefficient (Wildman–Crippen LogP) is 3.66. The van der Waals surface area contributed by atoms with Crippen LogP contribution in [-0.2, 0) is 11.3 Å². The minimum absolute atomic E-state index is 0.145. The average molecular weight is 355 g/mol. The third-order valence-electron chi connectivity index (χ3n) is 4.30. The number of aromatic nitrogens is 1. The van der Waals surface area contributed by atoms with Crippen LogP contribution in [0, 0.1) is 6.92 Å². The Morgan fingerprint density at radius 1 is 1.23 bits per heavy atom. The summed E-state index contributed by atoms with van der Waals surface area (Å²) in [4.78, 5) is 18.7. The van der Waals surface area contributed by atoms with Crippen LogP contribution in [-0.4, -0.2) is 31.1 Å². The van der Waals surface area contributed by atoms with Crippen molar-refractivity contribution in [2.75, 3.05) is 19.0 Å². The van der Waals surface area contributed by atoms with Crippen LogP contribution in [0.1, 0.15) is 43.4 Å². The zero-order valence-corrected chi connectivity index (χ0v) is 16.5. The minimum Gasteiger partial charge on any atom is -0.481 e. The minimum atomic E-state index is -0.574. The van der Waals surface area contributed by atoms with Crippen molar-refractivity contribution < 1.29 is 9.53 Å². The summed E-state index contributed by atoms with van der Waals surface area (Å²) >= 11 is 0. The van der Waals surface area contributed by atoms with Gasteiger partial charge in [-0.3, -0.25) is 4.79 Å². The average Bonchev–Trinajstić information content (AvgIpc) is 2.61. The molecule has 1 heterocycles. The Kier molecular flexibility index (Phi) is 6.61. The summed E-state index contributed by atoms with van der Waals surface area (Å²) in [5, 5.41) is 2.94. The Hall–Kier alpha value is -2.56. The number of carbonyl (C=O) groups is 1. The standard InChI is InChI=1S/C21H29N3O2/c1-14(2)17-10-9-15(3)19(12-17)26-16(4)21(25)23-13-18-8-7-11-22-20(18)24(5)6/h7-12,14,16H,13H2,1-6H3,(H,23,25). The van der Waals surface area contributed by atoms with Gasteiger partial charge in [0.05, 0.1) is 0 Å². The molecular weight excluding hydrogens is 326 g/mol. The first-order valence-corrected chi connectivity index (χ1v) is 8.95. The lowest BCUT2D eigenvalue weighted by Crippen LogP contribution is -2.36. The number of rotatable bonds is 7. The van der Waals surface area contributed by atoms with E-state index >= 15 is 0 Å². The predicted molar refractivity (Wildman–Crippen MR) is 106 cm³/mol. The molecule has 0 aliphatic carbocycles. The van der Waals surface area contributed by atoms with E-state index in [2.05, 4.69) is 30.2 Å². The van der Waals surface area contributed by atoms with Gasteiger partial charge < -0.3 is 15.0 Å². The van der Waals surface area contributed by atoms with Gasteiger partial charge >= 0.3 is 0 Å².